The van der Waals surface area contributed by atoms with Crippen molar-refractivity contribution in [2.75, 3.05) is 14.2 Å². The van der Waals surface area contributed by atoms with Crippen LogP contribution >= 0.6 is 0 Å². The van der Waals surface area contributed by atoms with E-state index in [9.17, 15) is 22.8 Å². The molecule has 0 unspecified atom stereocenters. The van der Waals surface area contributed by atoms with E-state index in [4.69, 9.17) is 9.47 Å². The van der Waals surface area contributed by atoms with Crippen molar-refractivity contribution in [1.29, 1.82) is 0 Å². The molecule has 2 atom stereocenters. The van der Waals surface area contributed by atoms with Crippen LogP contribution in [0.2, 0.25) is 0 Å². The zero-order chi connectivity index (χ0) is 20.7. The molecule has 0 bridgehead atoms. The van der Waals surface area contributed by atoms with Gasteiger partial charge in [-0.05, 0) is 23.3 Å². The molecule has 0 aliphatic carbocycles. The third-order valence-electron chi connectivity index (χ3n) is 4.10. The van der Waals surface area contributed by atoms with Gasteiger partial charge in [0.25, 0.3) is 5.91 Å². The van der Waals surface area contributed by atoms with E-state index < -0.39 is 35.8 Å². The lowest BCUT2D eigenvalue weighted by Gasteiger charge is -2.21. The quantitative estimate of drug-likeness (QED) is 0.731. The smallest absolute Gasteiger partial charge is 0.416 e. The summed E-state index contributed by atoms with van der Waals surface area (Å²) in [5.41, 5.74) is 0.247. The summed E-state index contributed by atoms with van der Waals surface area (Å²) in [6.45, 7) is 0. The molecule has 1 amide bonds. The second-order valence-electron chi connectivity index (χ2n) is 6.01. The first-order chi connectivity index (χ1) is 13.3. The van der Waals surface area contributed by atoms with Crippen LogP contribution < -0.4 is 5.32 Å². The summed E-state index contributed by atoms with van der Waals surface area (Å²) in [7, 11) is 2.53. The number of carbonyl (C=O) groups excluding carboxylic acids is 2. The lowest BCUT2D eigenvalue weighted by Crippen LogP contribution is -2.45. The zero-order valence-electron chi connectivity index (χ0n) is 15.3. The van der Waals surface area contributed by atoms with Gasteiger partial charge < -0.3 is 14.8 Å². The summed E-state index contributed by atoms with van der Waals surface area (Å²) in [4.78, 5) is 24.7. The highest BCUT2D eigenvalue weighted by Gasteiger charge is 2.31. The minimum absolute atomic E-state index is 0.0260. The van der Waals surface area contributed by atoms with E-state index in [-0.39, 0.29) is 6.42 Å². The Bertz CT molecular complexity index is 791. The minimum atomic E-state index is -4.45. The van der Waals surface area contributed by atoms with Crippen LogP contribution in [-0.2, 0) is 31.7 Å². The van der Waals surface area contributed by atoms with Crippen LogP contribution in [0.25, 0.3) is 0 Å². The topological polar surface area (TPSA) is 64.6 Å². The van der Waals surface area contributed by atoms with Gasteiger partial charge in [0.2, 0.25) is 0 Å². The van der Waals surface area contributed by atoms with Crippen molar-refractivity contribution in [1.82, 2.24) is 5.32 Å². The fraction of sp³-hybridized carbons (Fsp3) is 0.300. The van der Waals surface area contributed by atoms with Gasteiger partial charge in [-0.1, -0.05) is 42.5 Å². The molecule has 0 spiro atoms. The van der Waals surface area contributed by atoms with Crippen molar-refractivity contribution >= 4 is 11.9 Å². The van der Waals surface area contributed by atoms with Crippen molar-refractivity contribution in [3.8, 4) is 0 Å². The summed E-state index contributed by atoms with van der Waals surface area (Å²) < 4.78 is 48.0. The number of alkyl halides is 3. The molecule has 2 aromatic carbocycles. The Balaban J connectivity index is 2.15. The first-order valence-electron chi connectivity index (χ1n) is 8.38. The largest absolute Gasteiger partial charge is 0.467 e. The van der Waals surface area contributed by atoms with E-state index in [0.717, 1.165) is 12.1 Å². The van der Waals surface area contributed by atoms with E-state index in [2.05, 4.69) is 5.32 Å². The number of nitrogens with one attached hydrogen (secondary N) is 1. The normalized spacial score (nSPS) is 13.5. The molecule has 0 aliphatic rings. The third-order valence-corrected chi connectivity index (χ3v) is 4.10. The number of rotatable bonds is 7. The lowest BCUT2D eigenvalue weighted by atomic mass is 10.0. The van der Waals surface area contributed by atoms with Crippen molar-refractivity contribution in [3.05, 3.63) is 71.3 Å². The average molecular weight is 395 g/mol. The summed E-state index contributed by atoms with van der Waals surface area (Å²) in [6.07, 6.45) is -5.42. The van der Waals surface area contributed by atoms with Crippen LogP contribution in [-0.4, -0.2) is 32.1 Å². The fourth-order valence-electron chi connectivity index (χ4n) is 2.67. The van der Waals surface area contributed by atoms with Crippen molar-refractivity contribution in [2.45, 2.75) is 24.7 Å². The van der Waals surface area contributed by atoms with Crippen LogP contribution in [0.15, 0.2) is 54.6 Å². The maximum atomic E-state index is 12.7. The van der Waals surface area contributed by atoms with Gasteiger partial charge in [-0.3, -0.25) is 4.79 Å². The Morgan fingerprint density at radius 3 is 2.11 bits per heavy atom. The van der Waals surface area contributed by atoms with Gasteiger partial charge in [-0.2, -0.15) is 13.2 Å². The number of esters is 1. The van der Waals surface area contributed by atoms with Gasteiger partial charge in [0.05, 0.1) is 12.7 Å². The highest BCUT2D eigenvalue weighted by Crippen LogP contribution is 2.29. The van der Waals surface area contributed by atoms with Gasteiger partial charge in [0.15, 0.2) is 6.10 Å². The Morgan fingerprint density at radius 2 is 1.61 bits per heavy atom. The molecular formula is C20H20F3NO4. The minimum Gasteiger partial charge on any atom is -0.467 e. The zero-order valence-corrected chi connectivity index (χ0v) is 15.3. The van der Waals surface area contributed by atoms with Crippen LogP contribution in [0.5, 0.6) is 0 Å². The molecule has 8 heteroatoms. The van der Waals surface area contributed by atoms with Gasteiger partial charge in [0, 0.05) is 13.5 Å². The van der Waals surface area contributed by atoms with Crippen LogP contribution in [0.1, 0.15) is 22.8 Å². The van der Waals surface area contributed by atoms with Crippen LogP contribution in [0.3, 0.4) is 0 Å². The number of methoxy groups -OCH3 is 2. The molecule has 150 valence electrons. The number of hydrogen-bond donors (Lipinski definition) is 1. The van der Waals surface area contributed by atoms with Gasteiger partial charge in [-0.25, -0.2) is 4.79 Å². The van der Waals surface area contributed by atoms with Gasteiger partial charge in [-0.15, -0.1) is 0 Å². The molecule has 0 saturated heterocycles. The Kier molecular flexibility index (Phi) is 7.17. The van der Waals surface area contributed by atoms with E-state index in [1.807, 2.05) is 0 Å². The van der Waals surface area contributed by atoms with Gasteiger partial charge in [0.1, 0.15) is 6.04 Å². The average Bonchev–Trinajstić information content (AvgIpc) is 2.68. The molecule has 0 heterocycles. The first-order valence-corrected chi connectivity index (χ1v) is 8.38. The van der Waals surface area contributed by atoms with E-state index in [0.29, 0.717) is 11.1 Å². The van der Waals surface area contributed by atoms with Gasteiger partial charge >= 0.3 is 12.1 Å². The molecule has 0 aromatic heterocycles. The maximum absolute atomic E-state index is 12.7. The second kappa shape index (κ2) is 9.36. The van der Waals surface area contributed by atoms with Crippen LogP contribution in [0, 0.1) is 0 Å². The summed E-state index contributed by atoms with van der Waals surface area (Å²) >= 11 is 0. The molecule has 1 N–H and O–H groups in total. The first kappa shape index (κ1) is 21.4. The van der Waals surface area contributed by atoms with E-state index >= 15 is 0 Å². The third kappa shape index (κ3) is 5.56. The summed E-state index contributed by atoms with van der Waals surface area (Å²) in [5.74, 6) is -1.27. The molecular weight excluding hydrogens is 375 g/mol. The number of amides is 1. The Hall–Kier alpha value is -2.87. The molecule has 2 rings (SSSR count). The molecule has 0 aliphatic heterocycles. The monoisotopic (exact) mass is 395 g/mol. The summed E-state index contributed by atoms with van der Waals surface area (Å²) in [6, 6.07) is 12.0. The molecule has 2 aromatic rings. The predicted molar refractivity (Wildman–Crippen MR) is 95.3 cm³/mol. The van der Waals surface area contributed by atoms with Crippen molar-refractivity contribution in [3.63, 3.8) is 0 Å². The summed E-state index contributed by atoms with van der Waals surface area (Å²) in [5, 5.41) is 2.55. The van der Waals surface area contributed by atoms with E-state index in [1.165, 1.54) is 26.4 Å². The predicted octanol–water partition coefficient (Wildman–Crippen LogP) is 3.29. The number of hydrogen-bond acceptors (Lipinski definition) is 4. The lowest BCUT2D eigenvalue weighted by molar-refractivity contribution is -0.146. The standard InChI is InChI=1S/C20H20F3NO4/c1-27-17(14-6-4-3-5-7-14)18(25)24-16(19(26)28-2)12-13-8-10-15(11-9-13)20(21,22)23/h3-11,16-17H,12H2,1-2H3,(H,24,25)/t16-,17-/m0/s1. The molecule has 0 radical (unpaired) electrons. The number of ether oxygens (including phenoxy) is 2. The molecule has 0 fully saturated rings. The molecule has 28 heavy (non-hydrogen) atoms. The highest BCUT2D eigenvalue weighted by molar-refractivity contribution is 5.87. The SMILES string of the molecule is COC(=O)[C@H](Cc1ccc(C(F)(F)F)cc1)NC(=O)[C@@H](OC)c1ccccc1. The number of benzene rings is 2. The van der Waals surface area contributed by atoms with Crippen molar-refractivity contribution in [2.24, 2.45) is 0 Å². The van der Waals surface area contributed by atoms with Crippen LogP contribution in [0.4, 0.5) is 13.2 Å². The fourth-order valence-corrected chi connectivity index (χ4v) is 2.67. The highest BCUT2D eigenvalue weighted by atomic mass is 19.4. The Morgan fingerprint density at radius 1 is 1.00 bits per heavy atom. The molecule has 5 nitrogen and oxygen atoms in total. The Labute approximate surface area is 160 Å². The maximum Gasteiger partial charge on any atom is 0.416 e. The second-order valence-corrected chi connectivity index (χ2v) is 6.01. The number of carbonyl (C=O) groups is 2. The van der Waals surface area contributed by atoms with Crippen molar-refractivity contribution < 1.29 is 32.2 Å². The number of halogens is 3. The molecule has 0 saturated carbocycles. The van der Waals surface area contributed by atoms with E-state index in [1.54, 1.807) is 30.3 Å².